The largest absolute Gasteiger partial charge is 0.508 e. The minimum Gasteiger partial charge on any atom is -0.508 e. The molecule has 2 N–H and O–H groups in total. The van der Waals surface area contributed by atoms with Gasteiger partial charge in [-0.1, -0.05) is 54.6 Å². The van der Waals surface area contributed by atoms with Gasteiger partial charge in [0.2, 0.25) is 0 Å². The molecule has 3 heteroatoms. The van der Waals surface area contributed by atoms with Crippen molar-refractivity contribution in [2.45, 2.75) is 12.5 Å². The Kier molecular flexibility index (Phi) is 4.54. The van der Waals surface area contributed by atoms with Crippen molar-refractivity contribution in [2.24, 2.45) is 0 Å². The number of hydrogen-bond acceptors (Lipinski definition) is 3. The summed E-state index contributed by atoms with van der Waals surface area (Å²) < 4.78 is 6.30. The molecule has 0 aliphatic rings. The third-order valence-electron chi connectivity index (χ3n) is 4.09. The van der Waals surface area contributed by atoms with Crippen LogP contribution in [0.2, 0.25) is 0 Å². The Morgan fingerprint density at radius 2 is 1.08 bits per heavy atom. The first-order valence-electron chi connectivity index (χ1n) is 7.95. The molecule has 0 saturated carbocycles. The van der Waals surface area contributed by atoms with E-state index in [0.29, 0.717) is 6.61 Å². The smallest absolute Gasteiger partial charge is 0.143 e. The summed E-state index contributed by atoms with van der Waals surface area (Å²) in [5.41, 5.74) is 2.01. The Bertz CT molecular complexity index is 732. The fraction of sp³-hybridized carbons (Fsp3) is 0.143. The predicted molar refractivity (Wildman–Crippen MR) is 94.2 cm³/mol. The quantitative estimate of drug-likeness (QED) is 0.684. The molecule has 0 amide bonds. The van der Waals surface area contributed by atoms with Crippen LogP contribution in [0.5, 0.6) is 11.5 Å². The third kappa shape index (κ3) is 2.86. The van der Waals surface area contributed by atoms with Crippen molar-refractivity contribution in [1.29, 1.82) is 0 Å². The van der Waals surface area contributed by atoms with Gasteiger partial charge < -0.3 is 14.9 Å². The van der Waals surface area contributed by atoms with Crippen LogP contribution in [0, 0.1) is 0 Å². The number of hydrogen-bond donors (Lipinski definition) is 2. The van der Waals surface area contributed by atoms with E-state index in [9.17, 15) is 10.2 Å². The highest BCUT2D eigenvalue weighted by atomic mass is 16.5. The highest BCUT2D eigenvalue weighted by molar-refractivity contribution is 5.49. The van der Waals surface area contributed by atoms with Gasteiger partial charge in [-0.2, -0.15) is 0 Å². The second-order valence-electron chi connectivity index (χ2n) is 5.57. The Morgan fingerprint density at radius 3 is 1.50 bits per heavy atom. The van der Waals surface area contributed by atoms with Crippen LogP contribution in [-0.4, -0.2) is 16.8 Å². The lowest BCUT2D eigenvalue weighted by Gasteiger charge is -2.35. The first-order valence-corrected chi connectivity index (χ1v) is 7.95. The van der Waals surface area contributed by atoms with Crippen LogP contribution in [-0.2, 0) is 10.3 Å². The van der Waals surface area contributed by atoms with Gasteiger partial charge in [0.05, 0.1) is 0 Å². The second kappa shape index (κ2) is 6.77. The zero-order valence-electron chi connectivity index (χ0n) is 13.5. The average Bonchev–Trinajstić information content (AvgIpc) is 2.62. The molecule has 3 nitrogen and oxygen atoms in total. The van der Waals surface area contributed by atoms with Crippen LogP contribution >= 0.6 is 0 Å². The molecule has 0 aliphatic carbocycles. The minimum absolute atomic E-state index is 0.211. The molecule has 0 atom stereocenters. The Balaban J connectivity index is 2.28. The summed E-state index contributed by atoms with van der Waals surface area (Å²) in [6.07, 6.45) is 0. The maximum Gasteiger partial charge on any atom is 0.143 e. The number of phenolic OH excluding ortho intramolecular Hbond substituents is 2. The molecule has 0 fully saturated rings. The lowest BCUT2D eigenvalue weighted by molar-refractivity contribution is 0.0215. The molecule has 0 spiro atoms. The molecule has 0 bridgehead atoms. The first-order chi connectivity index (χ1) is 11.7. The molecular weight excluding hydrogens is 300 g/mol. The number of aromatic hydroxyl groups is 2. The lowest BCUT2D eigenvalue weighted by Crippen LogP contribution is -2.32. The van der Waals surface area contributed by atoms with Crippen LogP contribution in [0.25, 0.3) is 0 Å². The van der Waals surface area contributed by atoms with Crippen LogP contribution in [0.4, 0.5) is 0 Å². The van der Waals surface area contributed by atoms with Gasteiger partial charge in [-0.3, -0.25) is 0 Å². The maximum atomic E-state index is 9.66. The normalized spacial score (nSPS) is 11.4. The first kappa shape index (κ1) is 16.1. The van der Waals surface area contributed by atoms with E-state index in [-0.39, 0.29) is 11.5 Å². The molecule has 3 aromatic carbocycles. The van der Waals surface area contributed by atoms with Crippen molar-refractivity contribution >= 4 is 0 Å². The topological polar surface area (TPSA) is 49.7 Å². The van der Waals surface area contributed by atoms with E-state index in [0.717, 1.165) is 16.7 Å². The molecule has 3 aromatic rings. The fourth-order valence-corrected chi connectivity index (χ4v) is 3.03. The van der Waals surface area contributed by atoms with Gasteiger partial charge in [0.1, 0.15) is 17.1 Å². The monoisotopic (exact) mass is 320 g/mol. The van der Waals surface area contributed by atoms with E-state index in [1.54, 1.807) is 24.3 Å². The lowest BCUT2D eigenvalue weighted by atomic mass is 9.80. The van der Waals surface area contributed by atoms with Crippen molar-refractivity contribution in [1.82, 2.24) is 0 Å². The summed E-state index contributed by atoms with van der Waals surface area (Å²) in [5.74, 6) is 0.422. The molecule has 0 aromatic heterocycles. The summed E-state index contributed by atoms with van der Waals surface area (Å²) in [6, 6.07) is 24.1. The number of rotatable bonds is 5. The molecule has 0 unspecified atom stereocenters. The van der Waals surface area contributed by atoms with Gasteiger partial charge in [0.25, 0.3) is 0 Å². The van der Waals surface area contributed by atoms with E-state index in [1.807, 2.05) is 61.5 Å². The van der Waals surface area contributed by atoms with Crippen LogP contribution in [0.3, 0.4) is 0 Å². The van der Waals surface area contributed by atoms with Gasteiger partial charge in [-0.15, -0.1) is 0 Å². The zero-order chi connectivity index (χ0) is 17.0. The molecule has 0 heterocycles. The van der Waals surface area contributed by atoms with E-state index in [2.05, 4.69) is 0 Å². The summed E-state index contributed by atoms with van der Waals surface area (Å²) in [5, 5.41) is 19.3. The minimum atomic E-state index is -0.808. The number of benzene rings is 3. The molecule has 122 valence electrons. The highest BCUT2D eigenvalue weighted by Gasteiger charge is 2.37. The fourth-order valence-electron chi connectivity index (χ4n) is 3.03. The molecular formula is C21H20O3. The Hall–Kier alpha value is -2.78. The summed E-state index contributed by atoms with van der Waals surface area (Å²) in [6.45, 7) is 2.47. The van der Waals surface area contributed by atoms with Crippen LogP contribution < -0.4 is 0 Å². The van der Waals surface area contributed by atoms with Gasteiger partial charge in [-0.05, 0) is 47.9 Å². The van der Waals surface area contributed by atoms with Crippen molar-refractivity contribution in [3.63, 3.8) is 0 Å². The van der Waals surface area contributed by atoms with Crippen LogP contribution in [0.1, 0.15) is 23.6 Å². The Labute approximate surface area is 141 Å². The van der Waals surface area contributed by atoms with Crippen molar-refractivity contribution < 1.29 is 14.9 Å². The standard InChI is InChI=1S/C21H20O3/c1-2-24-21(16-6-4-3-5-7-16,17-8-12-19(22)13-9-17)18-10-14-20(23)15-11-18/h3-15,22-23H,2H2,1H3. The molecule has 0 radical (unpaired) electrons. The van der Waals surface area contributed by atoms with Crippen molar-refractivity contribution in [2.75, 3.05) is 6.61 Å². The molecule has 3 rings (SSSR count). The van der Waals surface area contributed by atoms with Crippen LogP contribution in [0.15, 0.2) is 78.9 Å². The summed E-state index contributed by atoms with van der Waals surface area (Å²) >= 11 is 0. The third-order valence-corrected chi connectivity index (χ3v) is 4.09. The van der Waals surface area contributed by atoms with E-state index in [4.69, 9.17) is 4.74 Å². The zero-order valence-corrected chi connectivity index (χ0v) is 13.5. The van der Waals surface area contributed by atoms with E-state index in [1.165, 1.54) is 0 Å². The maximum absolute atomic E-state index is 9.66. The van der Waals surface area contributed by atoms with Gasteiger partial charge in [0.15, 0.2) is 0 Å². The van der Waals surface area contributed by atoms with Gasteiger partial charge in [0, 0.05) is 6.61 Å². The Morgan fingerprint density at radius 1 is 0.667 bits per heavy atom. The van der Waals surface area contributed by atoms with Gasteiger partial charge >= 0.3 is 0 Å². The highest BCUT2D eigenvalue weighted by Crippen LogP contribution is 2.41. The van der Waals surface area contributed by atoms with E-state index < -0.39 is 5.60 Å². The van der Waals surface area contributed by atoms with Crippen molar-refractivity contribution in [3.8, 4) is 11.5 Å². The molecule has 0 aliphatic heterocycles. The molecule has 24 heavy (non-hydrogen) atoms. The summed E-state index contributed by atoms with van der Waals surface area (Å²) in [4.78, 5) is 0. The predicted octanol–water partition coefficient (Wildman–Crippen LogP) is 4.43. The van der Waals surface area contributed by atoms with E-state index >= 15 is 0 Å². The second-order valence-corrected chi connectivity index (χ2v) is 5.57. The van der Waals surface area contributed by atoms with Gasteiger partial charge in [-0.25, -0.2) is 0 Å². The average molecular weight is 320 g/mol. The van der Waals surface area contributed by atoms with Crippen molar-refractivity contribution in [3.05, 3.63) is 95.6 Å². The summed E-state index contributed by atoms with van der Waals surface area (Å²) in [7, 11) is 0. The number of phenols is 2. The number of ether oxygens (including phenoxy) is 1. The molecule has 0 saturated heterocycles. The SMILES string of the molecule is CCOC(c1ccccc1)(c1ccc(O)cc1)c1ccc(O)cc1.